The number of nitrogens with one attached hydrogen (secondary N) is 1. The number of carbonyl (C=O) groups is 1. The fourth-order valence-electron chi connectivity index (χ4n) is 3.53. The van der Waals surface area contributed by atoms with Gasteiger partial charge in [0, 0.05) is 4.47 Å². The number of ether oxygens (including phenoxy) is 2. The van der Waals surface area contributed by atoms with E-state index < -0.39 is 15.9 Å². The van der Waals surface area contributed by atoms with Gasteiger partial charge in [0.1, 0.15) is 6.54 Å². The largest absolute Gasteiger partial charge is 0.493 e. The van der Waals surface area contributed by atoms with Crippen LogP contribution in [-0.4, -0.2) is 35.1 Å². The molecule has 0 saturated heterocycles. The maximum absolute atomic E-state index is 13.5. The summed E-state index contributed by atoms with van der Waals surface area (Å²) in [7, 11) is -0.875. The van der Waals surface area contributed by atoms with Crippen molar-refractivity contribution >= 4 is 37.5 Å². The minimum absolute atomic E-state index is 0.106. The predicted molar refractivity (Wildman–Crippen MR) is 136 cm³/mol. The first-order chi connectivity index (χ1) is 16.3. The molecule has 0 aliphatic heterocycles. The Labute approximate surface area is 208 Å². The molecule has 1 N–H and O–H groups in total. The first kappa shape index (κ1) is 25.6. The van der Waals surface area contributed by atoms with Gasteiger partial charge >= 0.3 is 0 Å². The topological polar surface area (TPSA) is 84.9 Å². The van der Waals surface area contributed by atoms with E-state index in [0.29, 0.717) is 28.1 Å². The zero-order valence-electron chi connectivity index (χ0n) is 19.2. The third kappa shape index (κ3) is 5.90. The number of anilines is 1. The van der Waals surface area contributed by atoms with Crippen molar-refractivity contribution in [2.45, 2.75) is 24.3 Å². The minimum Gasteiger partial charge on any atom is -0.493 e. The molecule has 1 amide bonds. The fourth-order valence-corrected chi connectivity index (χ4v) is 5.35. The summed E-state index contributed by atoms with van der Waals surface area (Å²) in [4.78, 5) is 13.2. The molecule has 0 aliphatic carbocycles. The summed E-state index contributed by atoms with van der Waals surface area (Å²) in [5.74, 6) is 0.707. The quantitative estimate of drug-likeness (QED) is 0.389. The van der Waals surface area contributed by atoms with Gasteiger partial charge in [-0.3, -0.25) is 9.10 Å². The third-order valence-corrected chi connectivity index (χ3v) is 7.55. The Morgan fingerprint density at radius 2 is 1.68 bits per heavy atom. The summed E-state index contributed by atoms with van der Waals surface area (Å²) in [5, 5.41) is 2.96. The van der Waals surface area contributed by atoms with Crippen LogP contribution in [0.15, 0.2) is 82.2 Å². The van der Waals surface area contributed by atoms with Crippen LogP contribution in [0.1, 0.15) is 24.9 Å². The minimum atomic E-state index is -3.98. The van der Waals surface area contributed by atoms with Gasteiger partial charge in [0.25, 0.3) is 10.0 Å². The van der Waals surface area contributed by atoms with Crippen LogP contribution >= 0.6 is 15.9 Å². The predicted octanol–water partition coefficient (Wildman–Crippen LogP) is 4.93. The Bertz CT molecular complexity index is 1240. The van der Waals surface area contributed by atoms with Crippen LogP contribution in [0, 0.1) is 0 Å². The summed E-state index contributed by atoms with van der Waals surface area (Å²) in [6.45, 7) is 1.56. The van der Waals surface area contributed by atoms with Crippen molar-refractivity contribution in [3.63, 3.8) is 0 Å². The number of sulfonamides is 1. The first-order valence-electron chi connectivity index (χ1n) is 10.6. The van der Waals surface area contributed by atoms with Crippen LogP contribution in [-0.2, 0) is 14.8 Å². The zero-order chi connectivity index (χ0) is 24.7. The lowest BCUT2D eigenvalue weighted by atomic mass is 10.0. The van der Waals surface area contributed by atoms with Gasteiger partial charge in [-0.2, -0.15) is 0 Å². The molecule has 0 heterocycles. The Morgan fingerprint density at radius 1 is 0.971 bits per heavy atom. The maximum Gasteiger partial charge on any atom is 0.264 e. The lowest BCUT2D eigenvalue weighted by Gasteiger charge is -2.26. The van der Waals surface area contributed by atoms with Gasteiger partial charge in [-0.1, -0.05) is 53.2 Å². The number of benzene rings is 3. The second-order valence-corrected chi connectivity index (χ2v) is 10.2. The van der Waals surface area contributed by atoms with Crippen molar-refractivity contribution in [3.05, 3.63) is 82.8 Å². The fraction of sp³-hybridized carbons (Fsp3) is 0.240. The summed E-state index contributed by atoms with van der Waals surface area (Å²) in [6.07, 6.45) is 0.601. The molecule has 1 atom stereocenters. The molecule has 0 radical (unpaired) electrons. The van der Waals surface area contributed by atoms with Crippen LogP contribution in [0.5, 0.6) is 11.5 Å². The molecule has 0 aromatic heterocycles. The van der Waals surface area contributed by atoms with E-state index in [1.54, 1.807) is 68.8 Å². The lowest BCUT2D eigenvalue weighted by Crippen LogP contribution is -2.42. The Kier molecular flexibility index (Phi) is 8.57. The van der Waals surface area contributed by atoms with Crippen molar-refractivity contribution in [2.75, 3.05) is 25.1 Å². The standard InChI is InChI=1S/C25H27BrN2O5S/c1-4-22(18-13-14-23(32-2)24(15-18)33-3)27-25(29)17-28(20-10-8-9-19(26)16-20)34(30,31)21-11-6-5-7-12-21/h5-16,22H,4,17H2,1-3H3,(H,27,29). The molecule has 0 bridgehead atoms. The highest BCUT2D eigenvalue weighted by atomic mass is 79.9. The van der Waals surface area contributed by atoms with Crippen LogP contribution in [0.2, 0.25) is 0 Å². The molecule has 180 valence electrons. The van der Waals surface area contributed by atoms with Crippen molar-refractivity contribution in [2.24, 2.45) is 0 Å². The van der Waals surface area contributed by atoms with E-state index in [4.69, 9.17) is 9.47 Å². The lowest BCUT2D eigenvalue weighted by molar-refractivity contribution is -0.120. The number of rotatable bonds is 10. The maximum atomic E-state index is 13.5. The number of hydrogen-bond donors (Lipinski definition) is 1. The van der Waals surface area contributed by atoms with Crippen LogP contribution < -0.4 is 19.1 Å². The van der Waals surface area contributed by atoms with E-state index in [2.05, 4.69) is 21.2 Å². The van der Waals surface area contributed by atoms with Crippen LogP contribution in [0.4, 0.5) is 5.69 Å². The summed E-state index contributed by atoms with van der Waals surface area (Å²) in [5.41, 5.74) is 1.21. The molecule has 0 spiro atoms. The second kappa shape index (κ2) is 11.4. The molecular formula is C25H27BrN2O5S. The van der Waals surface area contributed by atoms with Gasteiger partial charge in [0.05, 0.1) is 30.8 Å². The summed E-state index contributed by atoms with van der Waals surface area (Å²) in [6, 6.07) is 20.0. The molecule has 0 saturated carbocycles. The van der Waals surface area contributed by atoms with Crippen molar-refractivity contribution in [1.29, 1.82) is 0 Å². The Balaban J connectivity index is 1.90. The van der Waals surface area contributed by atoms with Crippen molar-refractivity contribution in [3.8, 4) is 11.5 Å². The number of nitrogens with zero attached hydrogens (tertiary/aromatic N) is 1. The van der Waals surface area contributed by atoms with E-state index in [1.165, 1.54) is 12.1 Å². The molecular weight excluding hydrogens is 520 g/mol. The smallest absolute Gasteiger partial charge is 0.264 e. The highest BCUT2D eigenvalue weighted by Crippen LogP contribution is 2.31. The van der Waals surface area contributed by atoms with Gasteiger partial charge < -0.3 is 14.8 Å². The van der Waals surface area contributed by atoms with E-state index in [-0.39, 0.29) is 17.5 Å². The monoisotopic (exact) mass is 546 g/mol. The first-order valence-corrected chi connectivity index (χ1v) is 12.9. The third-order valence-electron chi connectivity index (χ3n) is 5.27. The SMILES string of the molecule is CCC(NC(=O)CN(c1cccc(Br)c1)S(=O)(=O)c1ccccc1)c1ccc(OC)c(OC)c1. The molecule has 3 rings (SSSR count). The van der Waals surface area contributed by atoms with Gasteiger partial charge in [-0.05, 0) is 54.4 Å². The van der Waals surface area contributed by atoms with E-state index in [0.717, 1.165) is 9.87 Å². The highest BCUT2D eigenvalue weighted by molar-refractivity contribution is 9.10. The van der Waals surface area contributed by atoms with Gasteiger partial charge in [-0.15, -0.1) is 0 Å². The van der Waals surface area contributed by atoms with Crippen LogP contribution in [0.3, 0.4) is 0 Å². The number of carbonyl (C=O) groups excluding carboxylic acids is 1. The van der Waals surface area contributed by atoms with Gasteiger partial charge in [-0.25, -0.2) is 8.42 Å². The average molecular weight is 547 g/mol. The molecule has 7 nitrogen and oxygen atoms in total. The van der Waals surface area contributed by atoms with E-state index >= 15 is 0 Å². The number of amides is 1. The molecule has 0 aliphatic rings. The summed E-state index contributed by atoms with van der Waals surface area (Å²) >= 11 is 3.38. The molecule has 1 unspecified atom stereocenters. The molecule has 3 aromatic rings. The molecule has 0 fully saturated rings. The summed E-state index contributed by atoms with van der Waals surface area (Å²) < 4.78 is 39.4. The molecule has 9 heteroatoms. The van der Waals surface area contributed by atoms with E-state index in [9.17, 15) is 13.2 Å². The molecule has 3 aromatic carbocycles. The van der Waals surface area contributed by atoms with Crippen LogP contribution in [0.25, 0.3) is 0 Å². The van der Waals surface area contributed by atoms with Gasteiger partial charge in [0.2, 0.25) is 5.91 Å². The van der Waals surface area contributed by atoms with Crippen molar-refractivity contribution < 1.29 is 22.7 Å². The Hall–Kier alpha value is -3.04. The van der Waals surface area contributed by atoms with Crippen molar-refractivity contribution in [1.82, 2.24) is 5.32 Å². The van der Waals surface area contributed by atoms with E-state index in [1.807, 2.05) is 13.0 Å². The van der Waals surface area contributed by atoms with Gasteiger partial charge in [0.15, 0.2) is 11.5 Å². The highest BCUT2D eigenvalue weighted by Gasteiger charge is 2.28. The Morgan fingerprint density at radius 3 is 2.29 bits per heavy atom. The average Bonchev–Trinajstić information content (AvgIpc) is 2.85. The zero-order valence-corrected chi connectivity index (χ0v) is 21.6. The number of halogens is 1. The number of methoxy groups -OCH3 is 2. The molecule has 34 heavy (non-hydrogen) atoms. The second-order valence-electron chi connectivity index (χ2n) is 7.45. The number of hydrogen-bond acceptors (Lipinski definition) is 5. The normalized spacial score (nSPS) is 12.0.